The van der Waals surface area contributed by atoms with Crippen molar-refractivity contribution in [2.45, 2.75) is 94.5 Å². The maximum absolute atomic E-state index is 14.2. The third-order valence-corrected chi connectivity index (χ3v) is 9.76. The van der Waals surface area contributed by atoms with Crippen LogP contribution in [-0.4, -0.2) is 52.5 Å². The first kappa shape index (κ1) is 26.1. The number of likely N-dealkylation sites (tertiary alicyclic amines) is 1. The molecule has 6 rings (SSSR count). The van der Waals surface area contributed by atoms with Crippen molar-refractivity contribution < 1.29 is 19.1 Å². The van der Waals surface area contributed by atoms with E-state index in [2.05, 4.69) is 17.6 Å². The molecule has 2 N–H and O–H groups in total. The van der Waals surface area contributed by atoms with Crippen LogP contribution in [0.5, 0.6) is 0 Å². The van der Waals surface area contributed by atoms with Crippen molar-refractivity contribution in [3.8, 4) is 0 Å². The quantitative estimate of drug-likeness (QED) is 0.490. The number of nitrogens with one attached hydrogen (secondary N) is 2. The predicted molar refractivity (Wildman–Crippen MR) is 146 cm³/mol. The fourth-order valence-corrected chi connectivity index (χ4v) is 8.03. The lowest BCUT2D eigenvalue weighted by molar-refractivity contribution is -0.145. The number of ether oxygens (including phenoxy) is 1. The molecule has 1 aromatic carbocycles. The molecule has 0 unspecified atom stereocenters. The molecule has 5 atom stereocenters. The number of fused-ring (bicyclic) bond motifs is 1. The molecule has 2 saturated carbocycles. The van der Waals surface area contributed by atoms with Gasteiger partial charge in [-0.1, -0.05) is 61.5 Å². The Morgan fingerprint density at radius 1 is 0.974 bits per heavy atom. The van der Waals surface area contributed by atoms with Gasteiger partial charge in [0.1, 0.15) is 11.6 Å². The highest BCUT2D eigenvalue weighted by Crippen LogP contribution is 2.56. The molecule has 3 aliphatic heterocycles. The van der Waals surface area contributed by atoms with Gasteiger partial charge in [-0.3, -0.25) is 14.4 Å². The maximum atomic E-state index is 14.2. The van der Waals surface area contributed by atoms with E-state index in [0.717, 1.165) is 51.4 Å². The minimum Gasteiger partial charge on any atom is -0.359 e. The van der Waals surface area contributed by atoms with Crippen molar-refractivity contribution in [2.24, 2.45) is 17.8 Å². The Morgan fingerprint density at radius 3 is 2.34 bits per heavy atom. The largest absolute Gasteiger partial charge is 0.359 e. The minimum atomic E-state index is -1.14. The summed E-state index contributed by atoms with van der Waals surface area (Å²) in [5, 5.41) is 6.98. The molecule has 5 aliphatic rings. The summed E-state index contributed by atoms with van der Waals surface area (Å²) in [6, 6.07) is 4.14. The third kappa shape index (κ3) is 4.44. The molecule has 0 aromatic heterocycles. The summed E-state index contributed by atoms with van der Waals surface area (Å²) >= 11 is 12.3. The number of hydrogen-bond acceptors (Lipinski definition) is 4. The number of carbonyl (C=O) groups excluding carboxylic acids is 3. The monoisotopic (exact) mass is 559 g/mol. The number of anilines is 1. The van der Waals surface area contributed by atoms with E-state index in [0.29, 0.717) is 21.7 Å². The van der Waals surface area contributed by atoms with Crippen LogP contribution in [0.3, 0.4) is 0 Å². The van der Waals surface area contributed by atoms with Crippen molar-refractivity contribution >= 4 is 46.6 Å². The summed E-state index contributed by atoms with van der Waals surface area (Å²) in [4.78, 5) is 43.7. The molecular weight excluding hydrogens is 525 g/mol. The molecule has 3 amide bonds. The number of hydrogen-bond donors (Lipinski definition) is 2. The van der Waals surface area contributed by atoms with Crippen LogP contribution in [0.25, 0.3) is 0 Å². The highest BCUT2D eigenvalue weighted by Gasteiger charge is 2.73. The molecular formula is C29H35Cl2N3O4. The number of nitrogens with zero attached hydrogens (tertiary/aromatic N) is 1. The van der Waals surface area contributed by atoms with E-state index < -0.39 is 29.6 Å². The Balaban J connectivity index is 1.32. The Labute approximate surface area is 233 Å². The second kappa shape index (κ2) is 10.1. The van der Waals surface area contributed by atoms with Crippen LogP contribution in [0.2, 0.25) is 10.0 Å². The molecule has 2 aliphatic carbocycles. The Morgan fingerprint density at radius 2 is 1.66 bits per heavy atom. The zero-order valence-corrected chi connectivity index (χ0v) is 23.1. The third-order valence-electron chi connectivity index (χ3n) is 9.32. The van der Waals surface area contributed by atoms with E-state index in [1.165, 1.54) is 6.42 Å². The SMILES string of the molecule is CC1CCC(N2C(=O)[C@@H]3[C@H](C(=O)Nc4cc(Cl)cc(Cl)c4)[C@@H]4C=C[C@@]3(O4)[C@H]2C(=O)NC2CCCCC2)CC1. The highest BCUT2D eigenvalue weighted by atomic mass is 35.5. The Kier molecular flexibility index (Phi) is 6.98. The average molecular weight is 561 g/mol. The van der Waals surface area contributed by atoms with Crippen LogP contribution < -0.4 is 10.6 Å². The molecule has 0 radical (unpaired) electrons. The molecule has 204 valence electrons. The molecule has 1 spiro atoms. The van der Waals surface area contributed by atoms with E-state index in [4.69, 9.17) is 27.9 Å². The smallest absolute Gasteiger partial charge is 0.246 e. The second-order valence-electron chi connectivity index (χ2n) is 11.9. The van der Waals surface area contributed by atoms with Crippen molar-refractivity contribution in [1.29, 1.82) is 0 Å². The molecule has 9 heteroatoms. The summed E-state index contributed by atoms with van der Waals surface area (Å²) in [5.41, 5.74) is -0.680. The van der Waals surface area contributed by atoms with Gasteiger partial charge < -0.3 is 20.3 Å². The van der Waals surface area contributed by atoms with Gasteiger partial charge in [0.2, 0.25) is 17.7 Å². The van der Waals surface area contributed by atoms with Crippen LogP contribution in [0, 0.1) is 17.8 Å². The molecule has 38 heavy (non-hydrogen) atoms. The normalized spacial score (nSPS) is 36.4. The van der Waals surface area contributed by atoms with E-state index in [1.807, 2.05) is 12.2 Å². The topological polar surface area (TPSA) is 87.7 Å². The molecule has 3 heterocycles. The zero-order valence-electron chi connectivity index (χ0n) is 21.6. The Bertz CT molecular complexity index is 1140. The molecule has 7 nitrogen and oxygen atoms in total. The van der Waals surface area contributed by atoms with Gasteiger partial charge in [0.05, 0.1) is 17.9 Å². The van der Waals surface area contributed by atoms with Crippen LogP contribution >= 0.6 is 23.2 Å². The summed E-state index contributed by atoms with van der Waals surface area (Å²) in [6.07, 6.45) is 12.2. The van der Waals surface area contributed by atoms with Gasteiger partial charge in [0, 0.05) is 27.8 Å². The fourth-order valence-electron chi connectivity index (χ4n) is 7.50. The van der Waals surface area contributed by atoms with Gasteiger partial charge in [-0.25, -0.2) is 0 Å². The lowest BCUT2D eigenvalue weighted by Crippen LogP contribution is -2.58. The predicted octanol–water partition coefficient (Wildman–Crippen LogP) is 5.11. The first-order valence-electron chi connectivity index (χ1n) is 14.0. The summed E-state index contributed by atoms with van der Waals surface area (Å²) in [7, 11) is 0. The van der Waals surface area contributed by atoms with Crippen molar-refractivity contribution in [3.63, 3.8) is 0 Å². The van der Waals surface area contributed by atoms with Crippen molar-refractivity contribution in [3.05, 3.63) is 40.4 Å². The first-order chi connectivity index (χ1) is 18.3. The molecule has 2 saturated heterocycles. The van der Waals surface area contributed by atoms with E-state index >= 15 is 0 Å². The zero-order chi connectivity index (χ0) is 26.6. The van der Waals surface area contributed by atoms with Crippen LogP contribution in [-0.2, 0) is 19.1 Å². The highest BCUT2D eigenvalue weighted by molar-refractivity contribution is 6.35. The maximum Gasteiger partial charge on any atom is 0.246 e. The van der Waals surface area contributed by atoms with E-state index in [9.17, 15) is 14.4 Å². The average Bonchev–Trinajstić information content (AvgIpc) is 3.52. The van der Waals surface area contributed by atoms with Gasteiger partial charge >= 0.3 is 0 Å². The van der Waals surface area contributed by atoms with Gasteiger partial charge in [0.25, 0.3) is 0 Å². The lowest BCUT2D eigenvalue weighted by atomic mass is 9.74. The van der Waals surface area contributed by atoms with Gasteiger partial charge in [0.15, 0.2) is 0 Å². The van der Waals surface area contributed by atoms with E-state index in [-0.39, 0.29) is 29.8 Å². The van der Waals surface area contributed by atoms with Crippen molar-refractivity contribution in [1.82, 2.24) is 10.2 Å². The van der Waals surface area contributed by atoms with Gasteiger partial charge in [-0.05, 0) is 62.6 Å². The van der Waals surface area contributed by atoms with Crippen LogP contribution in [0.4, 0.5) is 5.69 Å². The van der Waals surface area contributed by atoms with Crippen LogP contribution in [0.1, 0.15) is 64.7 Å². The number of amides is 3. The first-order valence-corrected chi connectivity index (χ1v) is 14.8. The van der Waals surface area contributed by atoms with Gasteiger partial charge in [-0.15, -0.1) is 0 Å². The molecule has 4 fully saturated rings. The van der Waals surface area contributed by atoms with Crippen LogP contribution in [0.15, 0.2) is 30.4 Å². The van der Waals surface area contributed by atoms with E-state index in [1.54, 1.807) is 23.1 Å². The Hall–Kier alpha value is -2.09. The summed E-state index contributed by atoms with van der Waals surface area (Å²) in [5.74, 6) is -1.53. The number of benzene rings is 1. The summed E-state index contributed by atoms with van der Waals surface area (Å²) in [6.45, 7) is 2.23. The standard InChI is InChI=1S/C29H35Cl2N3O4/c1-16-7-9-21(10-8-16)34-25(27(36)32-19-5-3-2-4-6-19)29-12-11-22(38-29)23(24(29)28(34)37)26(35)33-20-14-17(30)13-18(31)15-20/h11-16,19,21-25H,2-10H2,1H3,(H,32,36)(H,33,35)/t16?,21?,22-,23+,24-,25+,29-/m0/s1. The molecule has 2 bridgehead atoms. The number of rotatable bonds is 5. The summed E-state index contributed by atoms with van der Waals surface area (Å²) < 4.78 is 6.49. The molecule has 1 aromatic rings. The van der Waals surface area contributed by atoms with Crippen molar-refractivity contribution in [2.75, 3.05) is 5.32 Å². The lowest BCUT2D eigenvalue weighted by Gasteiger charge is -2.40. The van der Waals surface area contributed by atoms with Gasteiger partial charge in [-0.2, -0.15) is 0 Å². The number of carbonyl (C=O) groups is 3. The number of halogens is 2. The second-order valence-corrected chi connectivity index (χ2v) is 12.7. The minimum absolute atomic E-state index is 0.0349. The fraction of sp³-hybridized carbons (Fsp3) is 0.621.